The maximum absolute atomic E-state index is 11.5. The van der Waals surface area contributed by atoms with E-state index in [9.17, 15) is 8.42 Å². The van der Waals surface area contributed by atoms with E-state index < -0.39 is 10.0 Å². The largest absolute Gasteiger partial charge is 0.381 e. The molecule has 0 fully saturated rings. The zero-order valence-electron chi connectivity index (χ0n) is 16.2. The van der Waals surface area contributed by atoms with Crippen LogP contribution >= 0.6 is 24.0 Å². The van der Waals surface area contributed by atoms with Gasteiger partial charge in [0.25, 0.3) is 0 Å². The lowest BCUT2D eigenvalue weighted by Gasteiger charge is -2.18. The van der Waals surface area contributed by atoms with Crippen molar-refractivity contribution in [2.24, 2.45) is 4.99 Å². The summed E-state index contributed by atoms with van der Waals surface area (Å²) in [4.78, 5) is 4.50. The number of hydrogen-bond acceptors (Lipinski definition) is 4. The Morgan fingerprint density at radius 3 is 2.32 bits per heavy atom. The first-order chi connectivity index (χ1) is 11.5. The zero-order chi connectivity index (χ0) is 18.3. The Bertz CT molecular complexity index is 433. The molecule has 0 saturated heterocycles. The summed E-state index contributed by atoms with van der Waals surface area (Å²) in [5.41, 5.74) is 0. The molecule has 7 nitrogen and oxygen atoms in total. The maximum atomic E-state index is 11.5. The molecule has 0 rings (SSSR count). The van der Waals surface area contributed by atoms with Gasteiger partial charge in [-0.05, 0) is 26.2 Å². The van der Waals surface area contributed by atoms with Crippen molar-refractivity contribution in [3.8, 4) is 0 Å². The van der Waals surface area contributed by atoms with Crippen molar-refractivity contribution in [3.63, 3.8) is 0 Å². The summed E-state index contributed by atoms with van der Waals surface area (Å²) in [6, 6.07) is 0. The lowest BCUT2D eigenvalue weighted by molar-refractivity contribution is 0.130. The number of hydrogen-bond donors (Lipinski definition) is 2. The summed E-state index contributed by atoms with van der Waals surface area (Å²) in [5.74, 6) is 0.772. The van der Waals surface area contributed by atoms with E-state index in [0.717, 1.165) is 51.4 Å². The Morgan fingerprint density at radius 1 is 1.08 bits per heavy atom. The van der Waals surface area contributed by atoms with Crippen LogP contribution in [-0.2, 0) is 14.8 Å². The number of nitrogens with one attached hydrogen (secondary N) is 2. The van der Waals surface area contributed by atoms with Crippen LogP contribution in [0.3, 0.4) is 0 Å². The fourth-order valence-electron chi connectivity index (χ4n) is 2.07. The van der Waals surface area contributed by atoms with E-state index in [2.05, 4.69) is 22.5 Å². The van der Waals surface area contributed by atoms with E-state index >= 15 is 0 Å². The molecule has 0 aromatic heterocycles. The van der Waals surface area contributed by atoms with E-state index in [1.165, 1.54) is 10.6 Å². The Hall–Kier alpha value is -0.130. The first-order valence-corrected chi connectivity index (χ1v) is 10.9. The summed E-state index contributed by atoms with van der Waals surface area (Å²) >= 11 is 0. The van der Waals surface area contributed by atoms with E-state index in [1.807, 2.05) is 13.8 Å². The normalized spacial score (nSPS) is 12.1. The fraction of sp³-hybridized carbons (Fsp3) is 0.938. The van der Waals surface area contributed by atoms with Crippen molar-refractivity contribution in [1.82, 2.24) is 14.9 Å². The smallest absolute Gasteiger partial charge is 0.211 e. The minimum atomic E-state index is -3.11. The van der Waals surface area contributed by atoms with E-state index in [-0.39, 0.29) is 24.0 Å². The molecular weight excluding hydrogens is 455 g/mol. The molecule has 0 amide bonds. The summed E-state index contributed by atoms with van der Waals surface area (Å²) in [6.45, 7) is 10.8. The van der Waals surface area contributed by atoms with Gasteiger partial charge in [0.15, 0.2) is 5.96 Å². The third-order valence-electron chi connectivity index (χ3n) is 3.40. The Morgan fingerprint density at radius 2 is 1.76 bits per heavy atom. The number of sulfonamides is 1. The molecule has 0 heterocycles. The van der Waals surface area contributed by atoms with Crippen LogP contribution in [0, 0.1) is 0 Å². The van der Waals surface area contributed by atoms with E-state index in [0.29, 0.717) is 26.2 Å². The summed E-state index contributed by atoms with van der Waals surface area (Å²) in [5, 5.41) is 6.43. The van der Waals surface area contributed by atoms with Gasteiger partial charge in [-0.15, -0.1) is 24.0 Å². The van der Waals surface area contributed by atoms with Gasteiger partial charge in [-0.2, -0.15) is 0 Å². The molecule has 0 radical (unpaired) electrons. The highest BCUT2D eigenvalue weighted by Crippen LogP contribution is 1.98. The van der Waals surface area contributed by atoms with Gasteiger partial charge < -0.3 is 15.4 Å². The Balaban J connectivity index is 0. The first kappa shape index (κ1) is 27.1. The highest BCUT2D eigenvalue weighted by atomic mass is 127. The average Bonchev–Trinajstić information content (AvgIpc) is 2.52. The number of aliphatic imine (C=N–C) groups is 1. The quantitative estimate of drug-likeness (QED) is 0.168. The highest BCUT2D eigenvalue weighted by Gasteiger charge is 2.13. The van der Waals surface area contributed by atoms with Crippen molar-refractivity contribution in [3.05, 3.63) is 0 Å². The van der Waals surface area contributed by atoms with E-state index in [1.54, 1.807) is 0 Å². The van der Waals surface area contributed by atoms with Crippen molar-refractivity contribution in [2.75, 3.05) is 52.2 Å². The molecule has 0 saturated carbocycles. The standard InChI is InChI=1S/C16H36N4O3S.HI/c1-5-8-14-23-15-10-12-19-16(17-6-2)18-11-9-13-20(7-3)24(4,21)22;/h5-15H2,1-4H3,(H2,17,18,19);1H. The molecule has 0 spiro atoms. The Kier molecular flexibility index (Phi) is 18.7. The lowest BCUT2D eigenvalue weighted by atomic mass is 10.4. The van der Waals surface area contributed by atoms with Crippen LogP contribution in [0.5, 0.6) is 0 Å². The molecule has 0 bridgehead atoms. The highest BCUT2D eigenvalue weighted by molar-refractivity contribution is 14.0. The van der Waals surface area contributed by atoms with Gasteiger partial charge in [0.1, 0.15) is 0 Å². The number of rotatable bonds is 14. The molecule has 0 aliphatic carbocycles. The van der Waals surface area contributed by atoms with Crippen LogP contribution < -0.4 is 10.6 Å². The topological polar surface area (TPSA) is 83.0 Å². The van der Waals surface area contributed by atoms with Gasteiger partial charge in [0, 0.05) is 45.9 Å². The van der Waals surface area contributed by atoms with Gasteiger partial charge in [0.05, 0.1) is 6.26 Å². The van der Waals surface area contributed by atoms with Crippen molar-refractivity contribution < 1.29 is 13.2 Å². The van der Waals surface area contributed by atoms with Gasteiger partial charge in [-0.1, -0.05) is 20.3 Å². The molecule has 25 heavy (non-hydrogen) atoms. The van der Waals surface area contributed by atoms with Crippen LogP contribution in [0.1, 0.15) is 46.5 Å². The van der Waals surface area contributed by atoms with Crippen molar-refractivity contribution in [2.45, 2.75) is 46.5 Å². The molecule has 2 N–H and O–H groups in total. The second-order valence-electron chi connectivity index (χ2n) is 5.62. The second kappa shape index (κ2) is 17.3. The van der Waals surface area contributed by atoms with Gasteiger partial charge in [-0.25, -0.2) is 12.7 Å². The number of halogens is 1. The third kappa shape index (κ3) is 15.8. The third-order valence-corrected chi connectivity index (χ3v) is 4.78. The molecule has 152 valence electrons. The number of ether oxygens (including phenoxy) is 1. The van der Waals surface area contributed by atoms with Crippen LogP contribution in [0.4, 0.5) is 0 Å². The molecule has 0 aliphatic heterocycles. The van der Waals surface area contributed by atoms with Gasteiger partial charge >= 0.3 is 0 Å². The van der Waals surface area contributed by atoms with Gasteiger partial charge in [-0.3, -0.25) is 4.99 Å². The van der Waals surface area contributed by atoms with Crippen LogP contribution in [-0.4, -0.2) is 70.9 Å². The molecule has 0 atom stereocenters. The number of unbranched alkanes of at least 4 members (excludes halogenated alkanes) is 1. The van der Waals surface area contributed by atoms with Crippen LogP contribution in [0.2, 0.25) is 0 Å². The number of guanidine groups is 1. The SMILES string of the molecule is CCCCOCCCN=C(NCC)NCCCN(CC)S(C)(=O)=O.I. The first-order valence-electron chi connectivity index (χ1n) is 9.00. The lowest BCUT2D eigenvalue weighted by Crippen LogP contribution is -2.39. The molecule has 0 aliphatic rings. The van der Waals surface area contributed by atoms with Crippen LogP contribution in [0.25, 0.3) is 0 Å². The van der Waals surface area contributed by atoms with Crippen molar-refractivity contribution in [1.29, 1.82) is 0 Å². The van der Waals surface area contributed by atoms with Gasteiger partial charge in [0.2, 0.25) is 10.0 Å². The fourth-order valence-corrected chi connectivity index (χ4v) is 3.00. The number of nitrogens with zero attached hydrogens (tertiary/aromatic N) is 2. The molecule has 0 aromatic rings. The maximum Gasteiger partial charge on any atom is 0.211 e. The average molecular weight is 492 g/mol. The molecule has 0 unspecified atom stereocenters. The summed E-state index contributed by atoms with van der Waals surface area (Å²) < 4.78 is 30.0. The van der Waals surface area contributed by atoms with Crippen molar-refractivity contribution >= 4 is 40.0 Å². The summed E-state index contributed by atoms with van der Waals surface area (Å²) in [7, 11) is -3.11. The monoisotopic (exact) mass is 492 g/mol. The predicted octanol–water partition coefficient (Wildman–Crippen LogP) is 2.04. The predicted molar refractivity (Wildman–Crippen MR) is 116 cm³/mol. The molecular formula is C16H37IN4O3S. The minimum absolute atomic E-state index is 0. The molecule has 0 aromatic carbocycles. The van der Waals surface area contributed by atoms with Crippen LogP contribution in [0.15, 0.2) is 4.99 Å². The Labute approximate surface area is 171 Å². The molecule has 9 heteroatoms. The van der Waals surface area contributed by atoms with E-state index in [4.69, 9.17) is 4.74 Å². The second-order valence-corrected chi connectivity index (χ2v) is 7.60. The summed E-state index contributed by atoms with van der Waals surface area (Å²) in [6.07, 6.45) is 5.15. The minimum Gasteiger partial charge on any atom is -0.381 e. The zero-order valence-corrected chi connectivity index (χ0v) is 19.4.